The number of carbonyl (C=O) groups is 1. The molecular formula is C15H24ClN3O. The Balaban J connectivity index is 0.00000147. The van der Waals surface area contributed by atoms with Crippen LogP contribution in [0.4, 0.5) is 0 Å². The molecule has 2 aliphatic carbocycles. The van der Waals surface area contributed by atoms with E-state index in [4.69, 9.17) is 0 Å². The number of halogens is 1. The molecule has 4 nitrogen and oxygen atoms in total. The minimum atomic E-state index is 0. The minimum Gasteiger partial charge on any atom is -0.356 e. The third kappa shape index (κ3) is 3.75. The SMILES string of the molecule is Cl.O=C(NCCC1CCCCC1)C1CC1c1c[nH]cn1. The fourth-order valence-corrected chi connectivity index (χ4v) is 3.29. The summed E-state index contributed by atoms with van der Waals surface area (Å²) in [6.07, 6.45) is 12.6. The van der Waals surface area contributed by atoms with Gasteiger partial charge in [0.05, 0.1) is 12.0 Å². The second-order valence-electron chi connectivity index (χ2n) is 6.03. The lowest BCUT2D eigenvalue weighted by molar-refractivity contribution is -0.122. The van der Waals surface area contributed by atoms with Gasteiger partial charge in [-0.3, -0.25) is 4.79 Å². The van der Waals surface area contributed by atoms with Gasteiger partial charge < -0.3 is 10.3 Å². The van der Waals surface area contributed by atoms with E-state index < -0.39 is 0 Å². The van der Waals surface area contributed by atoms with Crippen molar-refractivity contribution in [2.45, 2.75) is 50.9 Å². The van der Waals surface area contributed by atoms with Crippen molar-refractivity contribution in [1.29, 1.82) is 0 Å². The third-order valence-electron chi connectivity index (χ3n) is 4.60. The number of nitrogens with one attached hydrogen (secondary N) is 2. The van der Waals surface area contributed by atoms with Crippen LogP contribution in [0.2, 0.25) is 0 Å². The molecule has 2 saturated carbocycles. The van der Waals surface area contributed by atoms with Crippen LogP contribution in [-0.2, 0) is 4.79 Å². The number of nitrogens with zero attached hydrogens (tertiary/aromatic N) is 1. The zero-order chi connectivity index (χ0) is 13.1. The number of imidazole rings is 1. The summed E-state index contributed by atoms with van der Waals surface area (Å²) in [4.78, 5) is 19.2. The number of amides is 1. The molecule has 1 aromatic heterocycles. The Hall–Kier alpha value is -1.03. The van der Waals surface area contributed by atoms with E-state index in [-0.39, 0.29) is 24.2 Å². The van der Waals surface area contributed by atoms with Gasteiger partial charge in [-0.2, -0.15) is 0 Å². The first-order valence-electron chi connectivity index (χ1n) is 7.61. The van der Waals surface area contributed by atoms with Crippen LogP contribution < -0.4 is 5.32 Å². The second-order valence-corrected chi connectivity index (χ2v) is 6.03. The summed E-state index contributed by atoms with van der Waals surface area (Å²) >= 11 is 0. The Morgan fingerprint density at radius 2 is 2.15 bits per heavy atom. The smallest absolute Gasteiger partial charge is 0.223 e. The maximum Gasteiger partial charge on any atom is 0.223 e. The van der Waals surface area contributed by atoms with Gasteiger partial charge in [-0.25, -0.2) is 4.98 Å². The summed E-state index contributed by atoms with van der Waals surface area (Å²) in [5.74, 6) is 1.58. The largest absolute Gasteiger partial charge is 0.356 e. The zero-order valence-corrected chi connectivity index (χ0v) is 12.6. The molecule has 3 rings (SSSR count). The van der Waals surface area contributed by atoms with E-state index in [0.29, 0.717) is 5.92 Å². The van der Waals surface area contributed by atoms with Gasteiger partial charge in [0.1, 0.15) is 0 Å². The molecule has 0 spiro atoms. The molecular weight excluding hydrogens is 274 g/mol. The van der Waals surface area contributed by atoms with Crippen LogP contribution in [0, 0.1) is 11.8 Å². The Labute approximate surface area is 126 Å². The number of hydrogen-bond acceptors (Lipinski definition) is 2. The molecule has 0 aromatic carbocycles. The van der Waals surface area contributed by atoms with Gasteiger partial charge in [-0.05, 0) is 18.8 Å². The molecule has 1 heterocycles. The van der Waals surface area contributed by atoms with Crippen molar-refractivity contribution < 1.29 is 4.79 Å². The molecule has 1 amide bonds. The van der Waals surface area contributed by atoms with E-state index in [9.17, 15) is 4.79 Å². The van der Waals surface area contributed by atoms with E-state index in [1.165, 1.54) is 32.1 Å². The van der Waals surface area contributed by atoms with Crippen LogP contribution in [0.1, 0.15) is 56.6 Å². The Bertz CT molecular complexity index is 415. The summed E-state index contributed by atoms with van der Waals surface area (Å²) in [6, 6.07) is 0. The highest BCUT2D eigenvalue weighted by Crippen LogP contribution is 2.46. The first-order chi connectivity index (χ1) is 9.34. The van der Waals surface area contributed by atoms with Gasteiger partial charge in [-0.15, -0.1) is 12.4 Å². The normalized spacial score (nSPS) is 25.8. The van der Waals surface area contributed by atoms with E-state index in [0.717, 1.165) is 31.0 Å². The quantitative estimate of drug-likeness (QED) is 0.878. The third-order valence-corrected chi connectivity index (χ3v) is 4.60. The molecule has 1 aromatic rings. The van der Waals surface area contributed by atoms with Gasteiger partial charge in [0.25, 0.3) is 0 Å². The number of aromatic nitrogens is 2. The van der Waals surface area contributed by atoms with Crippen molar-refractivity contribution in [3.05, 3.63) is 18.2 Å². The highest BCUT2D eigenvalue weighted by atomic mass is 35.5. The number of carbonyl (C=O) groups excluding carboxylic acids is 1. The number of H-pyrrole nitrogens is 1. The van der Waals surface area contributed by atoms with Crippen LogP contribution in [0.15, 0.2) is 12.5 Å². The highest BCUT2D eigenvalue weighted by Gasteiger charge is 2.44. The van der Waals surface area contributed by atoms with E-state index >= 15 is 0 Å². The molecule has 112 valence electrons. The maximum absolute atomic E-state index is 12.0. The predicted octanol–water partition coefficient (Wildman–Crippen LogP) is 3.02. The molecule has 0 radical (unpaired) electrons. The lowest BCUT2D eigenvalue weighted by Gasteiger charge is -2.21. The molecule has 0 saturated heterocycles. The minimum absolute atomic E-state index is 0. The first-order valence-corrected chi connectivity index (χ1v) is 7.61. The molecule has 0 bridgehead atoms. The Kier molecular flexibility index (Phi) is 5.46. The lowest BCUT2D eigenvalue weighted by atomic mass is 9.87. The monoisotopic (exact) mass is 297 g/mol. The van der Waals surface area contributed by atoms with Crippen LogP contribution in [0.25, 0.3) is 0 Å². The fraction of sp³-hybridized carbons (Fsp3) is 0.733. The van der Waals surface area contributed by atoms with E-state index in [2.05, 4.69) is 15.3 Å². The van der Waals surface area contributed by atoms with Crippen LogP contribution >= 0.6 is 12.4 Å². The zero-order valence-electron chi connectivity index (χ0n) is 11.8. The maximum atomic E-state index is 12.0. The molecule has 2 aliphatic rings. The number of rotatable bonds is 5. The van der Waals surface area contributed by atoms with Crippen molar-refractivity contribution in [2.75, 3.05) is 6.54 Å². The number of aromatic amines is 1. The van der Waals surface area contributed by atoms with Gasteiger partial charge in [-0.1, -0.05) is 32.1 Å². The predicted molar refractivity (Wildman–Crippen MR) is 80.9 cm³/mol. The van der Waals surface area contributed by atoms with Crippen molar-refractivity contribution in [3.8, 4) is 0 Å². The molecule has 2 unspecified atom stereocenters. The number of hydrogen-bond donors (Lipinski definition) is 2. The average Bonchev–Trinajstić information content (AvgIpc) is 3.06. The summed E-state index contributed by atoms with van der Waals surface area (Å²) in [5, 5.41) is 3.11. The van der Waals surface area contributed by atoms with E-state index in [1.54, 1.807) is 6.33 Å². The molecule has 0 aliphatic heterocycles. The van der Waals surface area contributed by atoms with E-state index in [1.807, 2.05) is 6.20 Å². The summed E-state index contributed by atoms with van der Waals surface area (Å²) in [7, 11) is 0. The van der Waals surface area contributed by atoms with Crippen molar-refractivity contribution in [3.63, 3.8) is 0 Å². The summed E-state index contributed by atoms with van der Waals surface area (Å²) in [5.41, 5.74) is 1.03. The molecule has 2 atom stereocenters. The van der Waals surface area contributed by atoms with Gasteiger partial charge in [0.15, 0.2) is 0 Å². The van der Waals surface area contributed by atoms with Crippen LogP contribution in [0.3, 0.4) is 0 Å². The van der Waals surface area contributed by atoms with Crippen molar-refractivity contribution >= 4 is 18.3 Å². The van der Waals surface area contributed by atoms with Gasteiger partial charge in [0, 0.05) is 24.6 Å². The summed E-state index contributed by atoms with van der Waals surface area (Å²) < 4.78 is 0. The molecule has 2 N–H and O–H groups in total. The Morgan fingerprint density at radius 1 is 1.35 bits per heavy atom. The molecule has 5 heteroatoms. The van der Waals surface area contributed by atoms with Gasteiger partial charge >= 0.3 is 0 Å². The standard InChI is InChI=1S/C15H23N3O.ClH/c19-15(13-8-12(13)14-9-16-10-18-14)17-7-6-11-4-2-1-3-5-11;/h9-13H,1-8H2,(H,16,18)(H,17,19);1H. The summed E-state index contributed by atoms with van der Waals surface area (Å²) in [6.45, 7) is 0.854. The average molecular weight is 298 g/mol. The van der Waals surface area contributed by atoms with Crippen LogP contribution in [0.5, 0.6) is 0 Å². The topological polar surface area (TPSA) is 57.8 Å². The van der Waals surface area contributed by atoms with Crippen LogP contribution in [-0.4, -0.2) is 22.4 Å². The second kappa shape index (κ2) is 7.11. The Morgan fingerprint density at radius 3 is 2.85 bits per heavy atom. The fourth-order valence-electron chi connectivity index (χ4n) is 3.29. The molecule has 2 fully saturated rings. The van der Waals surface area contributed by atoms with Gasteiger partial charge in [0.2, 0.25) is 5.91 Å². The van der Waals surface area contributed by atoms with Crippen molar-refractivity contribution in [2.24, 2.45) is 11.8 Å². The van der Waals surface area contributed by atoms with Crippen molar-refractivity contribution in [1.82, 2.24) is 15.3 Å². The molecule has 20 heavy (non-hydrogen) atoms. The highest BCUT2D eigenvalue weighted by molar-refractivity contribution is 5.85. The first kappa shape index (κ1) is 15.4. The lowest BCUT2D eigenvalue weighted by Crippen LogP contribution is -2.28.